The standard InChI is InChI=1S/C23H22N6O/c1-15-10-18(6-7-25-15)23-16(2)29(17(3)28-23)14-21(30)11-20-5-4-19(12-27-20)22-13-24-8-9-26-22/h4-10,12-13H,11,14H2,1-3H3. The molecule has 0 spiro atoms. The van der Waals surface area contributed by atoms with E-state index >= 15 is 0 Å². The number of imidazole rings is 1. The number of ketones is 1. The SMILES string of the molecule is Cc1cc(-c2nc(C)n(CC(=O)Cc3ccc(-c4cnccn4)cn3)c2C)ccn1. The van der Waals surface area contributed by atoms with Crippen LogP contribution in [0, 0.1) is 20.8 Å². The minimum absolute atomic E-state index is 0.0795. The van der Waals surface area contributed by atoms with Crippen molar-refractivity contribution in [1.82, 2.24) is 29.5 Å². The van der Waals surface area contributed by atoms with Crippen LogP contribution in [0.15, 0.2) is 55.2 Å². The second-order valence-corrected chi connectivity index (χ2v) is 7.21. The molecule has 0 amide bonds. The molecule has 4 heterocycles. The first-order chi connectivity index (χ1) is 14.5. The summed E-state index contributed by atoms with van der Waals surface area (Å²) in [6.45, 7) is 6.13. The number of hydrogen-bond acceptors (Lipinski definition) is 6. The predicted molar refractivity (Wildman–Crippen MR) is 114 cm³/mol. The molecule has 0 saturated carbocycles. The van der Waals surface area contributed by atoms with Crippen LogP contribution in [-0.4, -0.2) is 35.3 Å². The summed E-state index contributed by atoms with van der Waals surface area (Å²) < 4.78 is 1.96. The largest absolute Gasteiger partial charge is 0.324 e. The molecule has 0 N–H and O–H groups in total. The summed E-state index contributed by atoms with van der Waals surface area (Å²) in [5.41, 5.74) is 6.16. The van der Waals surface area contributed by atoms with Gasteiger partial charge in [0.1, 0.15) is 5.82 Å². The molecule has 150 valence electrons. The minimum atomic E-state index is 0.0795. The monoisotopic (exact) mass is 398 g/mol. The maximum Gasteiger partial charge on any atom is 0.158 e. The van der Waals surface area contributed by atoms with Crippen LogP contribution >= 0.6 is 0 Å². The summed E-state index contributed by atoms with van der Waals surface area (Å²) in [5, 5.41) is 0. The summed E-state index contributed by atoms with van der Waals surface area (Å²) >= 11 is 0. The summed E-state index contributed by atoms with van der Waals surface area (Å²) in [4.78, 5) is 34.4. The van der Waals surface area contributed by atoms with Crippen LogP contribution in [0.2, 0.25) is 0 Å². The van der Waals surface area contributed by atoms with Crippen molar-refractivity contribution < 1.29 is 4.79 Å². The number of aromatic nitrogens is 6. The molecule has 0 radical (unpaired) electrons. The molecule has 7 nitrogen and oxygen atoms in total. The van der Waals surface area contributed by atoms with Crippen LogP contribution in [0.3, 0.4) is 0 Å². The van der Waals surface area contributed by atoms with Crippen molar-refractivity contribution in [3.05, 3.63) is 78.2 Å². The molecular formula is C23H22N6O. The molecule has 0 aliphatic carbocycles. The van der Waals surface area contributed by atoms with E-state index in [1.165, 1.54) is 0 Å². The van der Waals surface area contributed by atoms with Crippen LogP contribution in [0.25, 0.3) is 22.5 Å². The number of nitrogens with zero attached hydrogens (tertiary/aromatic N) is 6. The van der Waals surface area contributed by atoms with E-state index in [-0.39, 0.29) is 18.7 Å². The molecule has 0 atom stereocenters. The molecule has 4 aromatic rings. The first kappa shape index (κ1) is 19.6. The topological polar surface area (TPSA) is 86.5 Å². The van der Waals surface area contributed by atoms with Crippen LogP contribution < -0.4 is 0 Å². The van der Waals surface area contributed by atoms with Crippen molar-refractivity contribution in [1.29, 1.82) is 0 Å². The number of carbonyl (C=O) groups excluding carboxylic acids is 1. The molecule has 0 aliphatic heterocycles. The third-order valence-corrected chi connectivity index (χ3v) is 4.98. The van der Waals surface area contributed by atoms with Gasteiger partial charge in [0.2, 0.25) is 0 Å². The van der Waals surface area contributed by atoms with E-state index in [1.807, 2.05) is 49.6 Å². The summed E-state index contributed by atoms with van der Waals surface area (Å²) in [6, 6.07) is 7.72. The Hall–Kier alpha value is -3.74. The lowest BCUT2D eigenvalue weighted by Gasteiger charge is -2.08. The van der Waals surface area contributed by atoms with Crippen LogP contribution in [0.1, 0.15) is 22.9 Å². The number of aryl methyl sites for hydroxylation is 2. The highest BCUT2D eigenvalue weighted by molar-refractivity contribution is 5.81. The molecule has 4 rings (SSSR count). The Morgan fingerprint density at radius 1 is 0.933 bits per heavy atom. The second kappa shape index (κ2) is 8.32. The van der Waals surface area contributed by atoms with Gasteiger partial charge in [0.25, 0.3) is 0 Å². The fourth-order valence-corrected chi connectivity index (χ4v) is 3.44. The number of hydrogen-bond donors (Lipinski definition) is 0. The maximum absolute atomic E-state index is 12.7. The highest BCUT2D eigenvalue weighted by Gasteiger charge is 2.16. The summed E-state index contributed by atoms with van der Waals surface area (Å²) in [5.74, 6) is 0.895. The quantitative estimate of drug-likeness (QED) is 0.494. The van der Waals surface area contributed by atoms with E-state index in [0.29, 0.717) is 0 Å². The molecule has 0 aromatic carbocycles. The van der Waals surface area contributed by atoms with Gasteiger partial charge in [-0.15, -0.1) is 0 Å². The molecule has 0 aliphatic rings. The van der Waals surface area contributed by atoms with Crippen LogP contribution in [-0.2, 0) is 17.8 Å². The van der Waals surface area contributed by atoms with Gasteiger partial charge >= 0.3 is 0 Å². The third-order valence-electron chi connectivity index (χ3n) is 4.98. The molecule has 7 heteroatoms. The zero-order valence-electron chi connectivity index (χ0n) is 17.2. The van der Waals surface area contributed by atoms with Gasteiger partial charge in [-0.3, -0.25) is 24.7 Å². The van der Waals surface area contributed by atoms with Crippen molar-refractivity contribution in [2.45, 2.75) is 33.7 Å². The number of rotatable bonds is 6. The van der Waals surface area contributed by atoms with E-state index in [2.05, 4.69) is 24.9 Å². The fourth-order valence-electron chi connectivity index (χ4n) is 3.44. The Labute approximate surface area is 174 Å². The number of carbonyl (C=O) groups is 1. The molecule has 0 saturated heterocycles. The Morgan fingerprint density at radius 2 is 1.80 bits per heavy atom. The molecule has 0 fully saturated rings. The molecule has 4 aromatic heterocycles. The molecule has 0 bridgehead atoms. The van der Waals surface area contributed by atoms with Gasteiger partial charge in [0.15, 0.2) is 5.78 Å². The zero-order valence-corrected chi connectivity index (χ0v) is 17.2. The highest BCUT2D eigenvalue weighted by atomic mass is 16.1. The smallest absolute Gasteiger partial charge is 0.158 e. The second-order valence-electron chi connectivity index (χ2n) is 7.21. The Morgan fingerprint density at radius 3 is 2.50 bits per heavy atom. The zero-order chi connectivity index (χ0) is 21.1. The van der Waals surface area contributed by atoms with E-state index in [1.54, 1.807) is 31.0 Å². The number of pyridine rings is 2. The summed E-state index contributed by atoms with van der Waals surface area (Å²) in [7, 11) is 0. The normalized spacial score (nSPS) is 10.9. The van der Waals surface area contributed by atoms with Gasteiger partial charge in [0.05, 0.1) is 30.6 Å². The first-order valence-electron chi connectivity index (χ1n) is 9.71. The van der Waals surface area contributed by atoms with Gasteiger partial charge in [-0.05, 0) is 45.0 Å². The van der Waals surface area contributed by atoms with Crippen molar-refractivity contribution >= 4 is 5.78 Å². The molecular weight excluding hydrogens is 376 g/mol. The van der Waals surface area contributed by atoms with E-state index < -0.39 is 0 Å². The van der Waals surface area contributed by atoms with Crippen LogP contribution in [0.4, 0.5) is 0 Å². The Kier molecular flexibility index (Phi) is 5.43. The molecule has 0 unspecified atom stereocenters. The van der Waals surface area contributed by atoms with E-state index in [9.17, 15) is 4.79 Å². The average Bonchev–Trinajstić information content (AvgIpc) is 3.03. The van der Waals surface area contributed by atoms with Gasteiger partial charge in [-0.2, -0.15) is 0 Å². The summed E-state index contributed by atoms with van der Waals surface area (Å²) in [6.07, 6.45) is 8.73. The molecule has 30 heavy (non-hydrogen) atoms. The highest BCUT2D eigenvalue weighted by Crippen LogP contribution is 2.24. The van der Waals surface area contributed by atoms with E-state index in [0.717, 1.165) is 45.4 Å². The van der Waals surface area contributed by atoms with Crippen LogP contribution in [0.5, 0.6) is 0 Å². The third kappa shape index (κ3) is 4.15. The van der Waals surface area contributed by atoms with Gasteiger partial charge < -0.3 is 4.57 Å². The van der Waals surface area contributed by atoms with Crippen molar-refractivity contribution in [2.75, 3.05) is 0 Å². The first-order valence-corrected chi connectivity index (χ1v) is 9.71. The maximum atomic E-state index is 12.7. The Balaban J connectivity index is 1.48. The minimum Gasteiger partial charge on any atom is -0.324 e. The van der Waals surface area contributed by atoms with Crippen molar-refractivity contribution in [3.63, 3.8) is 0 Å². The lowest BCUT2D eigenvalue weighted by Crippen LogP contribution is -2.15. The fraction of sp³-hybridized carbons (Fsp3) is 0.217. The lowest BCUT2D eigenvalue weighted by molar-refractivity contribution is -0.119. The average molecular weight is 398 g/mol. The van der Waals surface area contributed by atoms with Gasteiger partial charge in [-0.1, -0.05) is 0 Å². The lowest BCUT2D eigenvalue weighted by atomic mass is 10.1. The van der Waals surface area contributed by atoms with Crippen molar-refractivity contribution in [3.8, 4) is 22.5 Å². The van der Waals surface area contributed by atoms with E-state index in [4.69, 9.17) is 0 Å². The van der Waals surface area contributed by atoms with Gasteiger partial charge in [0, 0.05) is 53.0 Å². The van der Waals surface area contributed by atoms with Crippen molar-refractivity contribution in [2.24, 2.45) is 0 Å². The predicted octanol–water partition coefficient (Wildman–Crippen LogP) is 3.53. The number of Topliss-reactive ketones (excluding diaryl/α,β-unsaturated/α-hetero) is 1. The Bertz CT molecular complexity index is 1180. The van der Waals surface area contributed by atoms with Gasteiger partial charge in [-0.25, -0.2) is 4.98 Å².